The van der Waals surface area contributed by atoms with E-state index < -0.39 is 0 Å². The third-order valence-corrected chi connectivity index (χ3v) is 3.24. The molecule has 0 fully saturated rings. The minimum absolute atomic E-state index is 0.152. The summed E-state index contributed by atoms with van der Waals surface area (Å²) in [6, 6.07) is 13.1. The van der Waals surface area contributed by atoms with Gasteiger partial charge in [0, 0.05) is 15.6 Å². The van der Waals surface area contributed by atoms with Gasteiger partial charge in [-0.15, -0.1) is 0 Å². The van der Waals surface area contributed by atoms with Crippen LogP contribution < -0.4 is 4.74 Å². The van der Waals surface area contributed by atoms with Crippen LogP contribution in [-0.4, -0.2) is 18.2 Å². The molecule has 0 aliphatic carbocycles. The van der Waals surface area contributed by atoms with Gasteiger partial charge in [-0.2, -0.15) is 0 Å². The van der Waals surface area contributed by atoms with Gasteiger partial charge >= 0.3 is 0 Å². The van der Waals surface area contributed by atoms with Gasteiger partial charge in [0.25, 0.3) is 0 Å². The molecule has 21 heavy (non-hydrogen) atoms. The highest BCUT2D eigenvalue weighted by Crippen LogP contribution is 2.16. The molecule has 0 aromatic heterocycles. The first-order valence-corrected chi connectivity index (χ1v) is 6.99. The lowest BCUT2D eigenvalue weighted by molar-refractivity contribution is -0.120. The van der Waals surface area contributed by atoms with Gasteiger partial charge in [0.05, 0.1) is 6.42 Å². The van der Waals surface area contributed by atoms with Gasteiger partial charge in [-0.05, 0) is 48.5 Å². The summed E-state index contributed by atoms with van der Waals surface area (Å²) in [7, 11) is 0. The third kappa shape index (κ3) is 4.88. The summed E-state index contributed by atoms with van der Waals surface area (Å²) >= 11 is 11.5. The summed E-state index contributed by atoms with van der Waals surface area (Å²) in [5.74, 6) is -0.00651. The lowest BCUT2D eigenvalue weighted by Gasteiger charge is -2.05. The molecule has 0 aliphatic rings. The zero-order valence-corrected chi connectivity index (χ0v) is 12.5. The van der Waals surface area contributed by atoms with Crippen molar-refractivity contribution in [3.8, 4) is 5.75 Å². The first kappa shape index (κ1) is 15.5. The maximum Gasteiger partial charge on any atom is 0.177 e. The number of rotatable bonds is 6. The SMILES string of the molecule is O=C(COc1ccc(Cl)cc1)CC(=O)c1ccc(Cl)cc1. The second kappa shape index (κ2) is 7.25. The van der Waals surface area contributed by atoms with Crippen molar-refractivity contribution < 1.29 is 14.3 Å². The topological polar surface area (TPSA) is 43.4 Å². The number of hydrogen-bond acceptors (Lipinski definition) is 3. The molecule has 0 aliphatic heterocycles. The van der Waals surface area contributed by atoms with Crippen molar-refractivity contribution in [2.24, 2.45) is 0 Å². The fourth-order valence-corrected chi connectivity index (χ4v) is 1.91. The van der Waals surface area contributed by atoms with Gasteiger partial charge in [0.1, 0.15) is 12.4 Å². The maximum atomic E-state index is 11.9. The van der Waals surface area contributed by atoms with Crippen LogP contribution in [0.4, 0.5) is 0 Å². The summed E-state index contributed by atoms with van der Waals surface area (Å²) in [5.41, 5.74) is 0.458. The lowest BCUT2D eigenvalue weighted by atomic mass is 10.1. The van der Waals surface area contributed by atoms with E-state index in [2.05, 4.69) is 0 Å². The molecule has 2 aromatic carbocycles. The summed E-state index contributed by atoms with van der Waals surface area (Å²) < 4.78 is 5.30. The van der Waals surface area contributed by atoms with Crippen LogP contribution in [0.25, 0.3) is 0 Å². The van der Waals surface area contributed by atoms with Crippen LogP contribution in [0, 0.1) is 0 Å². The summed E-state index contributed by atoms with van der Waals surface area (Å²) in [6.07, 6.45) is -0.199. The minimum Gasteiger partial charge on any atom is -0.486 e. The van der Waals surface area contributed by atoms with Gasteiger partial charge in [0.15, 0.2) is 11.6 Å². The van der Waals surface area contributed by atoms with Gasteiger partial charge in [0.2, 0.25) is 0 Å². The van der Waals surface area contributed by atoms with E-state index in [0.717, 1.165) is 0 Å². The Balaban J connectivity index is 1.85. The van der Waals surface area contributed by atoms with Crippen LogP contribution in [0.1, 0.15) is 16.8 Å². The number of Topliss-reactive ketones (excluding diaryl/α,β-unsaturated/α-hetero) is 2. The molecule has 0 atom stereocenters. The van der Waals surface area contributed by atoms with E-state index in [1.54, 1.807) is 48.5 Å². The Bertz CT molecular complexity index is 634. The van der Waals surface area contributed by atoms with Crippen LogP contribution >= 0.6 is 23.2 Å². The largest absolute Gasteiger partial charge is 0.486 e. The predicted octanol–water partition coefficient (Wildman–Crippen LogP) is 4.21. The van der Waals surface area contributed by atoms with Crippen molar-refractivity contribution in [2.75, 3.05) is 6.61 Å². The highest BCUT2D eigenvalue weighted by Gasteiger charge is 2.12. The molecule has 0 unspecified atom stereocenters. The second-order valence-corrected chi connectivity index (χ2v) is 5.26. The van der Waals surface area contributed by atoms with E-state index in [-0.39, 0.29) is 24.6 Å². The molecule has 0 radical (unpaired) electrons. The highest BCUT2D eigenvalue weighted by atomic mass is 35.5. The van der Waals surface area contributed by atoms with Gasteiger partial charge in [-0.25, -0.2) is 0 Å². The van der Waals surface area contributed by atoms with E-state index in [9.17, 15) is 9.59 Å². The minimum atomic E-state index is -0.287. The maximum absolute atomic E-state index is 11.9. The third-order valence-electron chi connectivity index (χ3n) is 2.74. The molecule has 0 bridgehead atoms. The average molecular weight is 323 g/mol. The molecular weight excluding hydrogens is 311 g/mol. The Morgan fingerprint density at radius 2 is 1.38 bits per heavy atom. The Kier molecular flexibility index (Phi) is 5.37. The molecular formula is C16H12Cl2O3. The van der Waals surface area contributed by atoms with Crippen LogP contribution in [0.5, 0.6) is 5.75 Å². The Labute approximate surface area is 132 Å². The van der Waals surface area contributed by atoms with E-state index >= 15 is 0 Å². The number of ether oxygens (including phenoxy) is 1. The van der Waals surface area contributed by atoms with Crippen LogP contribution in [0.15, 0.2) is 48.5 Å². The van der Waals surface area contributed by atoms with Crippen molar-refractivity contribution in [1.82, 2.24) is 0 Å². The fraction of sp³-hybridized carbons (Fsp3) is 0.125. The number of ketones is 2. The van der Waals surface area contributed by atoms with Crippen LogP contribution in [-0.2, 0) is 4.79 Å². The zero-order valence-electron chi connectivity index (χ0n) is 11.0. The number of carbonyl (C=O) groups is 2. The molecule has 3 nitrogen and oxygen atoms in total. The van der Waals surface area contributed by atoms with Gasteiger partial charge in [-0.3, -0.25) is 9.59 Å². The summed E-state index contributed by atoms with van der Waals surface area (Å²) in [4.78, 5) is 23.6. The first-order chi connectivity index (χ1) is 10.0. The normalized spacial score (nSPS) is 10.2. The van der Waals surface area contributed by atoms with E-state index in [4.69, 9.17) is 27.9 Å². The molecule has 0 amide bonds. The van der Waals surface area contributed by atoms with Crippen molar-refractivity contribution in [3.05, 3.63) is 64.1 Å². The average Bonchev–Trinajstić information content (AvgIpc) is 2.47. The van der Waals surface area contributed by atoms with E-state index in [0.29, 0.717) is 21.4 Å². The zero-order chi connectivity index (χ0) is 15.2. The number of halogens is 2. The Morgan fingerprint density at radius 3 is 1.95 bits per heavy atom. The quantitative estimate of drug-likeness (QED) is 0.591. The number of benzene rings is 2. The predicted molar refractivity (Wildman–Crippen MR) is 82.4 cm³/mol. The van der Waals surface area contributed by atoms with Crippen LogP contribution in [0.2, 0.25) is 10.0 Å². The first-order valence-electron chi connectivity index (χ1n) is 6.23. The molecule has 0 saturated carbocycles. The highest BCUT2D eigenvalue weighted by molar-refractivity contribution is 6.31. The van der Waals surface area contributed by atoms with Crippen molar-refractivity contribution in [3.63, 3.8) is 0 Å². The van der Waals surface area contributed by atoms with E-state index in [1.165, 1.54) is 0 Å². The van der Waals surface area contributed by atoms with Crippen LogP contribution in [0.3, 0.4) is 0 Å². The smallest absolute Gasteiger partial charge is 0.177 e. The summed E-state index contributed by atoms with van der Waals surface area (Å²) in [5, 5.41) is 1.13. The molecule has 2 aromatic rings. The monoisotopic (exact) mass is 322 g/mol. The second-order valence-electron chi connectivity index (χ2n) is 4.39. The molecule has 0 spiro atoms. The van der Waals surface area contributed by atoms with Crippen molar-refractivity contribution in [1.29, 1.82) is 0 Å². The Hall–Kier alpha value is -1.84. The van der Waals surface area contributed by atoms with Crippen molar-refractivity contribution in [2.45, 2.75) is 6.42 Å². The molecule has 5 heteroatoms. The number of hydrogen-bond donors (Lipinski definition) is 0. The lowest BCUT2D eigenvalue weighted by Crippen LogP contribution is -2.15. The van der Waals surface area contributed by atoms with Gasteiger partial charge < -0.3 is 4.74 Å². The Morgan fingerprint density at radius 1 is 0.857 bits per heavy atom. The van der Waals surface area contributed by atoms with E-state index in [1.807, 2.05) is 0 Å². The standard InChI is InChI=1S/C16H12Cl2O3/c17-12-3-1-11(2-4-12)16(20)9-14(19)10-21-15-7-5-13(18)6-8-15/h1-8H,9-10H2. The molecule has 0 heterocycles. The summed E-state index contributed by atoms with van der Waals surface area (Å²) in [6.45, 7) is -0.152. The van der Waals surface area contributed by atoms with Gasteiger partial charge in [-0.1, -0.05) is 23.2 Å². The molecule has 108 valence electrons. The molecule has 0 N–H and O–H groups in total. The fourth-order valence-electron chi connectivity index (χ4n) is 1.66. The number of carbonyl (C=O) groups excluding carboxylic acids is 2. The van der Waals surface area contributed by atoms with Crippen molar-refractivity contribution >= 4 is 34.8 Å². The molecule has 2 rings (SSSR count). The molecule has 0 saturated heterocycles.